The highest BCUT2D eigenvalue weighted by Gasteiger charge is 2.50. The Bertz CT molecular complexity index is 602. The van der Waals surface area contributed by atoms with E-state index in [1.807, 2.05) is 18.2 Å². The van der Waals surface area contributed by atoms with Crippen LogP contribution in [0, 0.1) is 11.3 Å². The number of amidine groups is 1. The van der Waals surface area contributed by atoms with Gasteiger partial charge in [0.2, 0.25) is 0 Å². The van der Waals surface area contributed by atoms with Crippen molar-refractivity contribution in [2.24, 2.45) is 16.3 Å². The maximum Gasteiger partial charge on any atom is 0.149 e. The molecular weight excluding hydrogens is 312 g/mol. The molecule has 2 aliphatic heterocycles. The Labute approximate surface area is 145 Å². The van der Waals surface area contributed by atoms with Gasteiger partial charge < -0.3 is 14.7 Å². The molecule has 0 spiro atoms. The minimum Gasteiger partial charge on any atom is -0.384 e. The Hall–Kier alpha value is -1.10. The summed E-state index contributed by atoms with van der Waals surface area (Å²) in [6.07, 6.45) is 0.633. The fraction of sp³-hybridized carbons (Fsp3) is 0.611. The number of halogens is 1. The number of hydrogen-bond acceptors (Lipinski definition) is 4. The monoisotopic (exact) mass is 338 g/mol. The smallest absolute Gasteiger partial charge is 0.149 e. The Morgan fingerprint density at radius 2 is 2.04 bits per heavy atom. The van der Waals surface area contributed by atoms with Gasteiger partial charge in [-0.25, -0.2) is 0 Å². The van der Waals surface area contributed by atoms with Crippen molar-refractivity contribution in [2.75, 3.05) is 31.7 Å². The Kier molecular flexibility index (Phi) is 5.09. The summed E-state index contributed by atoms with van der Waals surface area (Å²) in [4.78, 5) is 6.98. The van der Waals surface area contributed by atoms with Crippen LogP contribution in [0.1, 0.15) is 32.8 Å². The van der Waals surface area contributed by atoms with E-state index in [0.717, 1.165) is 30.2 Å². The number of para-hydroxylation sites is 1. The Morgan fingerprint density at radius 3 is 2.74 bits per heavy atom. The number of fused-ring (bicyclic) bond motifs is 3. The van der Waals surface area contributed by atoms with Crippen molar-refractivity contribution < 1.29 is 9.84 Å². The van der Waals surface area contributed by atoms with Gasteiger partial charge in [0.05, 0.1) is 0 Å². The second kappa shape index (κ2) is 6.42. The number of hydrogen-bond donors (Lipinski definition) is 1. The predicted molar refractivity (Wildman–Crippen MR) is 96.7 cm³/mol. The summed E-state index contributed by atoms with van der Waals surface area (Å²) in [5.74, 6) is 1.08. The third-order valence-electron chi connectivity index (χ3n) is 4.60. The molecule has 3 rings (SSSR count). The summed E-state index contributed by atoms with van der Waals surface area (Å²) >= 11 is 0. The van der Waals surface area contributed by atoms with Gasteiger partial charge in [-0.3, -0.25) is 4.99 Å². The lowest BCUT2D eigenvalue weighted by molar-refractivity contribution is 0.0610. The summed E-state index contributed by atoms with van der Waals surface area (Å²) in [6.45, 7) is 8.85. The maximum absolute atomic E-state index is 11.5. The standard InChI is InChI=1S/C18H26N2O2.ClH/c1-13(10-22-4)9-18(21)14-7-5-6-8-15(14)20-12-17(2,3)11-19-16(18)20;/h5-8,13,21H,9-12H2,1-4H3;1H. The number of aliphatic imine (C=N–C) groups is 1. The minimum atomic E-state index is -0.995. The van der Waals surface area contributed by atoms with E-state index in [9.17, 15) is 5.11 Å². The molecule has 0 aliphatic carbocycles. The number of nitrogens with zero attached hydrogens (tertiary/aromatic N) is 2. The van der Waals surface area contributed by atoms with E-state index in [4.69, 9.17) is 9.73 Å². The van der Waals surface area contributed by atoms with Crippen molar-refractivity contribution >= 4 is 23.9 Å². The molecule has 0 saturated heterocycles. The Morgan fingerprint density at radius 1 is 1.35 bits per heavy atom. The SMILES string of the molecule is COCC(C)CC1(O)C2=NCC(C)(C)CN2c2ccccc21.Cl. The zero-order chi connectivity index (χ0) is 16.0. The summed E-state index contributed by atoms with van der Waals surface area (Å²) in [6, 6.07) is 8.14. The first kappa shape index (κ1) is 18.2. The molecule has 0 radical (unpaired) electrons. The summed E-state index contributed by atoms with van der Waals surface area (Å²) in [7, 11) is 1.70. The van der Waals surface area contributed by atoms with E-state index in [0.29, 0.717) is 13.0 Å². The molecule has 1 N–H and O–H groups in total. The van der Waals surface area contributed by atoms with E-state index in [-0.39, 0.29) is 23.7 Å². The van der Waals surface area contributed by atoms with Crippen molar-refractivity contribution in [2.45, 2.75) is 32.8 Å². The molecule has 23 heavy (non-hydrogen) atoms. The molecular formula is C18H27ClN2O2. The number of methoxy groups -OCH3 is 1. The normalized spacial score (nSPS) is 26.0. The molecule has 4 nitrogen and oxygen atoms in total. The van der Waals surface area contributed by atoms with E-state index in [1.165, 1.54) is 0 Å². The summed E-state index contributed by atoms with van der Waals surface area (Å²) in [5, 5.41) is 11.5. The van der Waals surface area contributed by atoms with Crippen LogP contribution in [0.3, 0.4) is 0 Å². The van der Waals surface area contributed by atoms with Crippen molar-refractivity contribution in [3.05, 3.63) is 29.8 Å². The van der Waals surface area contributed by atoms with Crippen LogP contribution in [0.2, 0.25) is 0 Å². The van der Waals surface area contributed by atoms with Gasteiger partial charge in [0.15, 0.2) is 0 Å². The van der Waals surface area contributed by atoms with Gasteiger partial charge in [0.25, 0.3) is 0 Å². The molecule has 0 saturated carbocycles. The fourth-order valence-electron chi connectivity index (χ4n) is 3.71. The molecule has 2 heterocycles. The zero-order valence-corrected chi connectivity index (χ0v) is 15.2. The lowest BCUT2D eigenvalue weighted by Gasteiger charge is -2.38. The third-order valence-corrected chi connectivity index (χ3v) is 4.60. The van der Waals surface area contributed by atoms with Gasteiger partial charge in [-0.05, 0) is 18.4 Å². The molecule has 0 fully saturated rings. The van der Waals surface area contributed by atoms with E-state index in [1.54, 1.807) is 7.11 Å². The van der Waals surface area contributed by atoms with Crippen LogP contribution in [0.25, 0.3) is 0 Å². The fourth-order valence-corrected chi connectivity index (χ4v) is 3.71. The second-order valence-electron chi connectivity index (χ2n) is 7.53. The number of anilines is 1. The molecule has 0 amide bonds. The first-order valence-electron chi connectivity index (χ1n) is 8.01. The number of ether oxygens (including phenoxy) is 1. The molecule has 2 atom stereocenters. The van der Waals surface area contributed by atoms with Crippen molar-refractivity contribution in [3.8, 4) is 0 Å². The third kappa shape index (κ3) is 3.12. The van der Waals surface area contributed by atoms with Crippen LogP contribution in [0.4, 0.5) is 5.69 Å². The summed E-state index contributed by atoms with van der Waals surface area (Å²) in [5.41, 5.74) is 1.21. The first-order valence-corrected chi connectivity index (χ1v) is 8.01. The van der Waals surface area contributed by atoms with Crippen molar-refractivity contribution in [1.82, 2.24) is 0 Å². The zero-order valence-electron chi connectivity index (χ0n) is 14.4. The van der Waals surface area contributed by atoms with Crippen molar-refractivity contribution in [1.29, 1.82) is 0 Å². The molecule has 128 valence electrons. The summed E-state index contributed by atoms with van der Waals surface area (Å²) < 4.78 is 5.25. The quantitative estimate of drug-likeness (QED) is 0.916. The highest BCUT2D eigenvalue weighted by molar-refractivity contribution is 6.10. The van der Waals surface area contributed by atoms with Gasteiger partial charge in [-0.2, -0.15) is 0 Å². The van der Waals surface area contributed by atoms with Crippen LogP contribution in [0.5, 0.6) is 0 Å². The maximum atomic E-state index is 11.5. The number of benzene rings is 1. The molecule has 0 aromatic heterocycles. The van der Waals surface area contributed by atoms with Crippen LogP contribution >= 0.6 is 12.4 Å². The molecule has 1 aromatic rings. The highest BCUT2D eigenvalue weighted by Crippen LogP contribution is 2.47. The average Bonchev–Trinajstić information content (AvgIpc) is 2.68. The predicted octanol–water partition coefficient (Wildman–Crippen LogP) is 3.23. The highest BCUT2D eigenvalue weighted by atomic mass is 35.5. The average molecular weight is 339 g/mol. The molecule has 5 heteroatoms. The molecule has 1 aromatic carbocycles. The van der Waals surface area contributed by atoms with Gasteiger partial charge >= 0.3 is 0 Å². The molecule has 0 bridgehead atoms. The van der Waals surface area contributed by atoms with E-state index >= 15 is 0 Å². The van der Waals surface area contributed by atoms with Gasteiger partial charge in [0.1, 0.15) is 11.4 Å². The second-order valence-corrected chi connectivity index (χ2v) is 7.53. The molecule has 2 aliphatic rings. The number of aliphatic hydroxyl groups is 1. The topological polar surface area (TPSA) is 45.1 Å². The Balaban J connectivity index is 0.00000192. The minimum absolute atomic E-state index is 0. The lowest BCUT2D eigenvalue weighted by atomic mass is 9.85. The van der Waals surface area contributed by atoms with E-state index < -0.39 is 5.60 Å². The van der Waals surface area contributed by atoms with E-state index in [2.05, 4.69) is 31.7 Å². The first-order chi connectivity index (χ1) is 10.4. The van der Waals surface area contributed by atoms with Crippen LogP contribution < -0.4 is 4.90 Å². The van der Waals surface area contributed by atoms with Gasteiger partial charge in [-0.15, -0.1) is 12.4 Å². The van der Waals surface area contributed by atoms with Crippen LogP contribution in [0.15, 0.2) is 29.3 Å². The molecule has 2 unspecified atom stereocenters. The largest absolute Gasteiger partial charge is 0.384 e. The van der Waals surface area contributed by atoms with Crippen LogP contribution in [-0.2, 0) is 10.3 Å². The van der Waals surface area contributed by atoms with Gasteiger partial charge in [-0.1, -0.05) is 39.0 Å². The van der Waals surface area contributed by atoms with Crippen LogP contribution in [-0.4, -0.2) is 37.7 Å². The van der Waals surface area contributed by atoms with Crippen molar-refractivity contribution in [3.63, 3.8) is 0 Å². The lowest BCUT2D eigenvalue weighted by Crippen LogP contribution is -2.49. The van der Waals surface area contributed by atoms with Gasteiger partial charge in [0, 0.05) is 43.5 Å². The number of rotatable bonds is 4.